The highest BCUT2D eigenvalue weighted by molar-refractivity contribution is 5.34. The number of rotatable bonds is 2. The van der Waals surface area contributed by atoms with Crippen LogP contribution in [-0.4, -0.2) is 12.2 Å². The maximum atomic E-state index is 6.29. The molecule has 2 atom stereocenters. The van der Waals surface area contributed by atoms with Crippen LogP contribution in [0.2, 0.25) is 0 Å². The van der Waals surface area contributed by atoms with Crippen LogP contribution < -0.4 is 0 Å². The van der Waals surface area contributed by atoms with Crippen molar-refractivity contribution in [1.82, 2.24) is 0 Å². The van der Waals surface area contributed by atoms with Gasteiger partial charge in [-0.05, 0) is 20.3 Å². The second-order valence-corrected chi connectivity index (χ2v) is 5.44. The van der Waals surface area contributed by atoms with Gasteiger partial charge in [-0.3, -0.25) is 0 Å². The Bertz CT molecular complexity index is 499. The monoisotopic (exact) mass is 268 g/mol. The summed E-state index contributed by atoms with van der Waals surface area (Å²) in [6, 6.07) is 20.4. The van der Waals surface area contributed by atoms with Crippen LogP contribution >= 0.6 is 0 Å². The van der Waals surface area contributed by atoms with Gasteiger partial charge in [0, 0.05) is 11.1 Å². The molecule has 2 nitrogen and oxygen atoms in total. The predicted molar refractivity (Wildman–Crippen MR) is 79.4 cm³/mol. The lowest BCUT2D eigenvalue weighted by Crippen LogP contribution is -2.45. The molecule has 0 aromatic heterocycles. The molecule has 0 N–H and O–H groups in total. The molecule has 0 saturated carbocycles. The Labute approximate surface area is 120 Å². The van der Waals surface area contributed by atoms with Crippen LogP contribution in [0.4, 0.5) is 0 Å². The van der Waals surface area contributed by atoms with Crippen molar-refractivity contribution in [2.24, 2.45) is 0 Å². The van der Waals surface area contributed by atoms with E-state index >= 15 is 0 Å². The standard InChI is InChI=1S/C18H20O2/c1-14-13-15(2)20-18(19-14,16-9-5-3-6-10-16)17-11-7-4-8-12-17/h3-12,14-15H,13H2,1-2H3/t14-,15+. The van der Waals surface area contributed by atoms with Gasteiger partial charge in [0.25, 0.3) is 0 Å². The van der Waals surface area contributed by atoms with Crippen molar-refractivity contribution in [1.29, 1.82) is 0 Å². The minimum atomic E-state index is -0.792. The molecule has 1 aliphatic rings. The number of benzene rings is 2. The van der Waals surface area contributed by atoms with Gasteiger partial charge in [-0.25, -0.2) is 0 Å². The fourth-order valence-corrected chi connectivity index (χ4v) is 2.91. The van der Waals surface area contributed by atoms with Crippen LogP contribution in [0, 0.1) is 0 Å². The van der Waals surface area contributed by atoms with Crippen molar-refractivity contribution >= 4 is 0 Å². The molecule has 3 rings (SSSR count). The van der Waals surface area contributed by atoms with E-state index in [4.69, 9.17) is 9.47 Å². The lowest BCUT2D eigenvalue weighted by Gasteiger charge is -2.43. The Balaban J connectivity index is 2.13. The van der Waals surface area contributed by atoms with E-state index in [1.54, 1.807) is 0 Å². The van der Waals surface area contributed by atoms with Crippen LogP contribution in [0.15, 0.2) is 60.7 Å². The lowest BCUT2D eigenvalue weighted by atomic mass is 9.94. The van der Waals surface area contributed by atoms with Crippen molar-refractivity contribution in [3.05, 3.63) is 71.8 Å². The van der Waals surface area contributed by atoms with Crippen molar-refractivity contribution < 1.29 is 9.47 Å². The lowest BCUT2D eigenvalue weighted by molar-refractivity contribution is -0.297. The first-order chi connectivity index (χ1) is 9.71. The average Bonchev–Trinajstić information content (AvgIpc) is 2.48. The summed E-state index contributed by atoms with van der Waals surface area (Å²) >= 11 is 0. The summed E-state index contributed by atoms with van der Waals surface area (Å²) in [6.07, 6.45) is 1.25. The van der Waals surface area contributed by atoms with Crippen molar-refractivity contribution in [3.63, 3.8) is 0 Å². The molecule has 0 unspecified atom stereocenters. The summed E-state index contributed by atoms with van der Waals surface area (Å²) in [6.45, 7) is 4.22. The highest BCUT2D eigenvalue weighted by atomic mass is 16.7. The molecule has 2 heteroatoms. The Morgan fingerprint density at radius 1 is 0.750 bits per heavy atom. The summed E-state index contributed by atoms with van der Waals surface area (Å²) in [5, 5.41) is 0. The van der Waals surface area contributed by atoms with Crippen LogP contribution in [0.1, 0.15) is 31.4 Å². The molecule has 2 aromatic carbocycles. The maximum Gasteiger partial charge on any atom is 0.222 e. The molecule has 0 spiro atoms. The minimum absolute atomic E-state index is 0.166. The van der Waals surface area contributed by atoms with Gasteiger partial charge in [-0.1, -0.05) is 60.7 Å². The van der Waals surface area contributed by atoms with Crippen molar-refractivity contribution in [3.8, 4) is 0 Å². The van der Waals surface area contributed by atoms with Gasteiger partial charge >= 0.3 is 0 Å². The molecule has 1 saturated heterocycles. The molecule has 0 amide bonds. The Morgan fingerprint density at radius 2 is 1.15 bits per heavy atom. The van der Waals surface area contributed by atoms with E-state index in [-0.39, 0.29) is 12.2 Å². The molecule has 0 aliphatic carbocycles. The van der Waals surface area contributed by atoms with Gasteiger partial charge < -0.3 is 9.47 Å². The highest BCUT2D eigenvalue weighted by Crippen LogP contribution is 2.41. The number of ether oxygens (including phenoxy) is 2. The molecular weight excluding hydrogens is 248 g/mol. The quantitative estimate of drug-likeness (QED) is 0.816. The van der Waals surface area contributed by atoms with Crippen molar-refractivity contribution in [2.45, 2.75) is 38.3 Å². The van der Waals surface area contributed by atoms with Crippen LogP contribution in [0.3, 0.4) is 0 Å². The SMILES string of the molecule is C[C@@H]1C[C@H](C)OC(c2ccccc2)(c2ccccc2)O1. The first kappa shape index (κ1) is 13.3. The van der Waals surface area contributed by atoms with E-state index in [9.17, 15) is 0 Å². The van der Waals surface area contributed by atoms with E-state index < -0.39 is 5.79 Å². The molecule has 1 aliphatic heterocycles. The van der Waals surface area contributed by atoms with Gasteiger partial charge in [0.2, 0.25) is 5.79 Å². The summed E-state index contributed by atoms with van der Waals surface area (Å²) in [5.74, 6) is -0.792. The predicted octanol–water partition coefficient (Wildman–Crippen LogP) is 4.10. The summed E-state index contributed by atoms with van der Waals surface area (Å²) in [4.78, 5) is 0. The summed E-state index contributed by atoms with van der Waals surface area (Å²) in [7, 11) is 0. The zero-order valence-electron chi connectivity index (χ0n) is 12.0. The van der Waals surface area contributed by atoms with Gasteiger partial charge in [0.15, 0.2) is 0 Å². The maximum absolute atomic E-state index is 6.29. The number of hydrogen-bond acceptors (Lipinski definition) is 2. The fourth-order valence-electron chi connectivity index (χ4n) is 2.91. The van der Waals surface area contributed by atoms with E-state index in [1.807, 2.05) is 36.4 Å². The zero-order valence-corrected chi connectivity index (χ0v) is 12.0. The number of hydrogen-bond donors (Lipinski definition) is 0. The smallest absolute Gasteiger partial charge is 0.222 e. The van der Waals surface area contributed by atoms with Gasteiger partial charge in [0.05, 0.1) is 12.2 Å². The molecule has 0 radical (unpaired) electrons. The summed E-state index contributed by atoms with van der Waals surface area (Å²) < 4.78 is 12.6. The average molecular weight is 268 g/mol. The van der Waals surface area contributed by atoms with Crippen LogP contribution in [-0.2, 0) is 15.3 Å². The molecule has 104 valence electrons. The molecule has 2 aromatic rings. The first-order valence-electron chi connectivity index (χ1n) is 7.17. The van der Waals surface area contributed by atoms with E-state index in [2.05, 4.69) is 38.1 Å². The first-order valence-corrected chi connectivity index (χ1v) is 7.17. The van der Waals surface area contributed by atoms with Crippen LogP contribution in [0.5, 0.6) is 0 Å². The molecule has 1 fully saturated rings. The van der Waals surface area contributed by atoms with Crippen molar-refractivity contribution in [2.75, 3.05) is 0 Å². The largest absolute Gasteiger partial charge is 0.339 e. The molecule has 0 bridgehead atoms. The van der Waals surface area contributed by atoms with Gasteiger partial charge in [-0.2, -0.15) is 0 Å². The summed E-state index contributed by atoms with van der Waals surface area (Å²) in [5.41, 5.74) is 2.09. The van der Waals surface area contributed by atoms with E-state index in [1.165, 1.54) is 0 Å². The third-order valence-corrected chi connectivity index (χ3v) is 3.71. The highest BCUT2D eigenvalue weighted by Gasteiger charge is 2.43. The normalized spacial score (nSPS) is 25.3. The molecule has 20 heavy (non-hydrogen) atoms. The van der Waals surface area contributed by atoms with Gasteiger partial charge in [0.1, 0.15) is 0 Å². The van der Waals surface area contributed by atoms with E-state index in [0.717, 1.165) is 17.5 Å². The van der Waals surface area contributed by atoms with Crippen LogP contribution in [0.25, 0.3) is 0 Å². The second kappa shape index (κ2) is 5.39. The molecule has 1 heterocycles. The molecular formula is C18H20O2. The zero-order chi connectivity index (χ0) is 14.0. The minimum Gasteiger partial charge on any atom is -0.339 e. The van der Waals surface area contributed by atoms with E-state index in [0.29, 0.717) is 0 Å². The Kier molecular flexibility index (Phi) is 3.60. The third-order valence-electron chi connectivity index (χ3n) is 3.71. The second-order valence-electron chi connectivity index (χ2n) is 5.44. The van der Waals surface area contributed by atoms with Gasteiger partial charge in [-0.15, -0.1) is 0 Å². The fraction of sp³-hybridized carbons (Fsp3) is 0.333. The topological polar surface area (TPSA) is 18.5 Å². The Morgan fingerprint density at radius 3 is 1.55 bits per heavy atom. The Hall–Kier alpha value is -1.64. The third kappa shape index (κ3) is 2.37.